The first-order valence-electron chi connectivity index (χ1n) is 3.20. The van der Waals surface area contributed by atoms with Crippen LogP contribution in [0.5, 0.6) is 0 Å². The third-order valence-electron chi connectivity index (χ3n) is 1.46. The highest BCUT2D eigenvalue weighted by Gasteiger charge is 2.12. The van der Waals surface area contributed by atoms with Crippen LogP contribution in [0, 0.1) is 6.54 Å². The molecule has 1 unspecified atom stereocenters. The molecule has 0 aromatic heterocycles. The maximum Gasteiger partial charge on any atom is 0.207 e. The van der Waals surface area contributed by atoms with E-state index >= 15 is 0 Å². The fraction of sp³-hybridized carbons (Fsp3) is 0.667. The third-order valence-corrected chi connectivity index (χ3v) is 1.46. The number of hydrogen-bond donors (Lipinski definition) is 2. The zero-order valence-corrected chi connectivity index (χ0v) is 5.26. The van der Waals surface area contributed by atoms with Crippen LogP contribution in [0.1, 0.15) is 12.8 Å². The molecule has 1 rings (SSSR count). The number of rotatable bonds is 3. The van der Waals surface area contributed by atoms with Gasteiger partial charge < -0.3 is 10.6 Å². The maximum atomic E-state index is 9.79. The summed E-state index contributed by atoms with van der Waals surface area (Å²) in [5, 5.41) is 5.74. The molecule has 1 radical (unpaired) electrons. The SMILES string of the molecule is O=CN[CH]C1CCCN1. The first-order chi connectivity index (χ1) is 4.43. The normalized spacial score (nSPS) is 26.0. The van der Waals surface area contributed by atoms with Crippen LogP contribution in [0.15, 0.2) is 0 Å². The molecule has 1 saturated heterocycles. The molecule has 3 heteroatoms. The van der Waals surface area contributed by atoms with E-state index in [1.54, 1.807) is 6.54 Å². The summed E-state index contributed by atoms with van der Waals surface area (Å²) in [5.41, 5.74) is 0. The number of amides is 1. The zero-order valence-electron chi connectivity index (χ0n) is 5.26. The third kappa shape index (κ3) is 2.01. The van der Waals surface area contributed by atoms with Crippen LogP contribution in [0.3, 0.4) is 0 Å². The summed E-state index contributed by atoms with van der Waals surface area (Å²) >= 11 is 0. The summed E-state index contributed by atoms with van der Waals surface area (Å²) in [4.78, 5) is 9.79. The van der Waals surface area contributed by atoms with Crippen molar-refractivity contribution in [1.82, 2.24) is 10.6 Å². The summed E-state index contributed by atoms with van der Waals surface area (Å²) in [6, 6.07) is 0.398. The van der Waals surface area contributed by atoms with Gasteiger partial charge in [0.1, 0.15) is 0 Å². The van der Waals surface area contributed by atoms with Gasteiger partial charge in [-0.2, -0.15) is 0 Å². The van der Waals surface area contributed by atoms with Crippen molar-refractivity contribution >= 4 is 6.41 Å². The lowest BCUT2D eigenvalue weighted by Crippen LogP contribution is -2.28. The van der Waals surface area contributed by atoms with Crippen LogP contribution in [-0.4, -0.2) is 19.0 Å². The quantitative estimate of drug-likeness (QED) is 0.509. The lowest BCUT2D eigenvalue weighted by atomic mass is 10.2. The second-order valence-corrected chi connectivity index (χ2v) is 2.15. The highest BCUT2D eigenvalue weighted by Crippen LogP contribution is 2.04. The molecular formula is C6H11N2O. The van der Waals surface area contributed by atoms with E-state index in [2.05, 4.69) is 10.6 Å². The molecule has 0 spiro atoms. The molecular weight excluding hydrogens is 116 g/mol. The van der Waals surface area contributed by atoms with Crippen molar-refractivity contribution in [2.75, 3.05) is 6.54 Å². The molecule has 0 saturated carbocycles. The number of nitrogens with one attached hydrogen (secondary N) is 2. The molecule has 1 fully saturated rings. The van der Waals surface area contributed by atoms with Crippen molar-refractivity contribution < 1.29 is 4.79 Å². The van der Waals surface area contributed by atoms with Crippen LogP contribution in [0.25, 0.3) is 0 Å². The van der Waals surface area contributed by atoms with Gasteiger partial charge in [-0.3, -0.25) is 4.79 Å². The lowest BCUT2D eigenvalue weighted by Gasteiger charge is -2.05. The molecule has 0 aromatic carbocycles. The van der Waals surface area contributed by atoms with E-state index in [9.17, 15) is 4.79 Å². The molecule has 1 amide bonds. The summed E-state index contributed by atoms with van der Waals surface area (Å²) in [6.07, 6.45) is 3.04. The van der Waals surface area contributed by atoms with Gasteiger partial charge in [-0.25, -0.2) is 0 Å². The van der Waals surface area contributed by atoms with Crippen LogP contribution >= 0.6 is 0 Å². The molecule has 51 valence electrons. The summed E-state index contributed by atoms with van der Waals surface area (Å²) < 4.78 is 0. The largest absolute Gasteiger partial charge is 0.352 e. The van der Waals surface area contributed by atoms with E-state index in [1.165, 1.54) is 6.42 Å². The topological polar surface area (TPSA) is 41.1 Å². The molecule has 1 heterocycles. The second kappa shape index (κ2) is 3.45. The van der Waals surface area contributed by atoms with E-state index in [1.807, 2.05) is 0 Å². The number of hydrogen-bond acceptors (Lipinski definition) is 2. The summed E-state index contributed by atoms with van der Waals surface area (Å²) in [7, 11) is 0. The van der Waals surface area contributed by atoms with Crippen LogP contribution in [-0.2, 0) is 4.79 Å². The van der Waals surface area contributed by atoms with Gasteiger partial charge >= 0.3 is 0 Å². The summed E-state index contributed by atoms with van der Waals surface area (Å²) in [6.45, 7) is 2.86. The Bertz CT molecular complexity index is 89.1. The van der Waals surface area contributed by atoms with Crippen molar-refractivity contribution in [2.24, 2.45) is 0 Å². The van der Waals surface area contributed by atoms with Crippen LogP contribution < -0.4 is 10.6 Å². The van der Waals surface area contributed by atoms with Gasteiger partial charge in [-0.05, 0) is 19.4 Å². The minimum absolute atomic E-state index is 0.398. The van der Waals surface area contributed by atoms with E-state index < -0.39 is 0 Å². The van der Waals surface area contributed by atoms with Crippen molar-refractivity contribution in [3.63, 3.8) is 0 Å². The van der Waals surface area contributed by atoms with Gasteiger partial charge in [0.25, 0.3) is 0 Å². The van der Waals surface area contributed by atoms with Crippen LogP contribution in [0.4, 0.5) is 0 Å². The number of carbonyl (C=O) groups is 1. The Kier molecular flexibility index (Phi) is 2.51. The molecule has 0 aliphatic carbocycles. The first kappa shape index (κ1) is 6.55. The Morgan fingerprint density at radius 3 is 3.11 bits per heavy atom. The van der Waals surface area contributed by atoms with Crippen molar-refractivity contribution in [3.05, 3.63) is 6.54 Å². The van der Waals surface area contributed by atoms with E-state index in [0.29, 0.717) is 12.5 Å². The Morgan fingerprint density at radius 2 is 2.56 bits per heavy atom. The highest BCUT2D eigenvalue weighted by atomic mass is 16.1. The molecule has 2 N–H and O–H groups in total. The monoisotopic (exact) mass is 127 g/mol. The van der Waals surface area contributed by atoms with Gasteiger partial charge in [0, 0.05) is 6.04 Å². The van der Waals surface area contributed by atoms with Gasteiger partial charge in [0.05, 0.1) is 6.54 Å². The summed E-state index contributed by atoms with van der Waals surface area (Å²) in [5.74, 6) is 0. The predicted octanol–water partition coefficient (Wildman–Crippen LogP) is -0.354. The Labute approximate surface area is 54.8 Å². The minimum atomic E-state index is 0.398. The predicted molar refractivity (Wildman–Crippen MR) is 34.5 cm³/mol. The van der Waals surface area contributed by atoms with Gasteiger partial charge in [0.15, 0.2) is 0 Å². The average Bonchev–Trinajstić information content (AvgIpc) is 2.34. The maximum absolute atomic E-state index is 9.79. The molecule has 0 aromatic rings. The number of carbonyl (C=O) groups excluding carboxylic acids is 1. The van der Waals surface area contributed by atoms with Gasteiger partial charge in [-0.15, -0.1) is 0 Å². The average molecular weight is 127 g/mol. The Morgan fingerprint density at radius 1 is 1.67 bits per heavy atom. The Balaban J connectivity index is 2.04. The minimum Gasteiger partial charge on any atom is -0.352 e. The molecule has 1 aliphatic rings. The van der Waals surface area contributed by atoms with Gasteiger partial charge in [-0.1, -0.05) is 0 Å². The molecule has 0 bridgehead atoms. The van der Waals surface area contributed by atoms with Crippen molar-refractivity contribution in [3.8, 4) is 0 Å². The highest BCUT2D eigenvalue weighted by molar-refractivity contribution is 5.47. The molecule has 9 heavy (non-hydrogen) atoms. The van der Waals surface area contributed by atoms with Crippen LogP contribution in [0.2, 0.25) is 0 Å². The van der Waals surface area contributed by atoms with Crippen molar-refractivity contribution in [2.45, 2.75) is 18.9 Å². The van der Waals surface area contributed by atoms with E-state index in [-0.39, 0.29) is 0 Å². The zero-order chi connectivity index (χ0) is 6.53. The fourth-order valence-electron chi connectivity index (χ4n) is 1.01. The Hall–Kier alpha value is -0.570. The first-order valence-corrected chi connectivity index (χ1v) is 3.20. The second-order valence-electron chi connectivity index (χ2n) is 2.15. The molecule has 3 nitrogen and oxygen atoms in total. The van der Waals surface area contributed by atoms with E-state index in [0.717, 1.165) is 13.0 Å². The standard InChI is InChI=1S/C6H11N2O/c9-5-7-4-6-2-1-3-8-6/h4-6,8H,1-3H2,(H,7,9). The van der Waals surface area contributed by atoms with Crippen molar-refractivity contribution in [1.29, 1.82) is 0 Å². The van der Waals surface area contributed by atoms with Gasteiger partial charge in [0.2, 0.25) is 6.41 Å². The lowest BCUT2D eigenvalue weighted by molar-refractivity contribution is -0.109. The van der Waals surface area contributed by atoms with E-state index in [4.69, 9.17) is 0 Å². The molecule has 1 aliphatic heterocycles. The fourth-order valence-corrected chi connectivity index (χ4v) is 1.01. The smallest absolute Gasteiger partial charge is 0.207 e. The molecule has 1 atom stereocenters.